The molecule has 0 radical (unpaired) electrons. The fourth-order valence-electron chi connectivity index (χ4n) is 1.19. The molecule has 2 rings (SSSR count). The van der Waals surface area contributed by atoms with E-state index in [0.29, 0.717) is 10.6 Å². The molecule has 2 heterocycles. The Kier molecular flexibility index (Phi) is 2.98. The second kappa shape index (κ2) is 4.24. The molecule has 0 spiro atoms. The first-order valence-corrected chi connectivity index (χ1v) is 5.26. The lowest BCUT2D eigenvalue weighted by Gasteiger charge is -2.03. The third-order valence-electron chi connectivity index (χ3n) is 1.84. The zero-order valence-corrected chi connectivity index (χ0v) is 9.76. The van der Waals surface area contributed by atoms with E-state index < -0.39 is 5.95 Å². The molecule has 2 aromatic rings. The fraction of sp³-hybridized carbons (Fsp3) is 0. The van der Waals surface area contributed by atoms with Crippen LogP contribution in [0.15, 0.2) is 35.2 Å². The van der Waals surface area contributed by atoms with Crippen molar-refractivity contribution in [3.63, 3.8) is 0 Å². The molecule has 0 atom stereocenters. The van der Waals surface area contributed by atoms with Crippen LogP contribution in [0, 0.1) is 5.95 Å². The van der Waals surface area contributed by atoms with Crippen LogP contribution in [-0.2, 0) is 0 Å². The van der Waals surface area contributed by atoms with E-state index in [0.717, 1.165) is 10.0 Å². The second-order valence-corrected chi connectivity index (χ2v) is 4.20. The Morgan fingerprint density at radius 1 is 1.20 bits per heavy atom. The normalized spacial score (nSPS) is 10.3. The van der Waals surface area contributed by atoms with Crippen LogP contribution in [0.3, 0.4) is 0 Å². The van der Waals surface area contributed by atoms with Crippen molar-refractivity contribution in [3.05, 3.63) is 46.2 Å². The predicted octanol–water partition coefficient (Wildman–Crippen LogP) is 3.70. The Morgan fingerprint density at radius 2 is 2.00 bits per heavy atom. The summed E-state index contributed by atoms with van der Waals surface area (Å²) in [7, 11) is 0. The maximum atomic E-state index is 12.9. The van der Waals surface area contributed by atoms with Gasteiger partial charge in [0.1, 0.15) is 0 Å². The minimum absolute atomic E-state index is 0.399. The molecule has 15 heavy (non-hydrogen) atoms. The molecule has 0 saturated heterocycles. The van der Waals surface area contributed by atoms with Crippen LogP contribution in [-0.4, -0.2) is 9.97 Å². The van der Waals surface area contributed by atoms with Gasteiger partial charge in [-0.2, -0.15) is 4.39 Å². The van der Waals surface area contributed by atoms with Crippen molar-refractivity contribution >= 4 is 27.5 Å². The average Bonchev–Trinajstić information content (AvgIpc) is 2.22. The molecule has 0 aliphatic carbocycles. The number of hydrogen-bond acceptors (Lipinski definition) is 2. The largest absolute Gasteiger partial charge is 0.263 e. The highest BCUT2D eigenvalue weighted by atomic mass is 79.9. The van der Waals surface area contributed by atoms with Gasteiger partial charge in [-0.3, -0.25) is 4.98 Å². The lowest BCUT2D eigenvalue weighted by Crippen LogP contribution is -1.87. The van der Waals surface area contributed by atoms with Crippen LogP contribution in [0.2, 0.25) is 5.02 Å². The maximum Gasteiger partial charge on any atom is 0.213 e. The molecule has 0 aromatic carbocycles. The molecule has 2 aromatic heterocycles. The van der Waals surface area contributed by atoms with Gasteiger partial charge in [-0.15, -0.1) is 0 Å². The Morgan fingerprint density at radius 3 is 2.73 bits per heavy atom. The molecule has 0 unspecified atom stereocenters. The summed E-state index contributed by atoms with van der Waals surface area (Å²) in [6.07, 6.45) is 4.55. The molecule has 76 valence electrons. The Labute approximate surface area is 99.3 Å². The van der Waals surface area contributed by atoms with Crippen LogP contribution >= 0.6 is 27.5 Å². The van der Waals surface area contributed by atoms with Gasteiger partial charge in [0, 0.05) is 40.3 Å². The van der Waals surface area contributed by atoms with Crippen LogP contribution < -0.4 is 0 Å². The molecular formula is C10H5BrClFN2. The van der Waals surface area contributed by atoms with Gasteiger partial charge in [-0.05, 0) is 22.0 Å². The summed E-state index contributed by atoms with van der Waals surface area (Å²) in [6, 6.07) is 3.10. The second-order valence-electron chi connectivity index (χ2n) is 2.88. The van der Waals surface area contributed by atoms with Crippen molar-refractivity contribution in [2.75, 3.05) is 0 Å². The third-order valence-corrected chi connectivity index (χ3v) is 2.57. The van der Waals surface area contributed by atoms with Crippen LogP contribution in [0.1, 0.15) is 0 Å². The van der Waals surface area contributed by atoms with Crippen molar-refractivity contribution < 1.29 is 4.39 Å². The zero-order valence-electron chi connectivity index (χ0n) is 7.42. The highest BCUT2D eigenvalue weighted by molar-refractivity contribution is 9.10. The van der Waals surface area contributed by atoms with Gasteiger partial charge < -0.3 is 0 Å². The SMILES string of the molecule is Fc1cc(-c2cncc(Br)c2)c(Cl)cn1. The number of hydrogen-bond donors (Lipinski definition) is 0. The minimum atomic E-state index is -0.561. The van der Waals surface area contributed by atoms with E-state index in [-0.39, 0.29) is 0 Å². The third kappa shape index (κ3) is 2.33. The van der Waals surface area contributed by atoms with Crippen LogP contribution in [0.5, 0.6) is 0 Å². The van der Waals surface area contributed by atoms with Gasteiger partial charge in [0.25, 0.3) is 0 Å². The zero-order chi connectivity index (χ0) is 10.8. The van der Waals surface area contributed by atoms with Crippen molar-refractivity contribution in [1.82, 2.24) is 9.97 Å². The molecular weight excluding hydrogens is 282 g/mol. The van der Waals surface area contributed by atoms with Crippen molar-refractivity contribution in [2.45, 2.75) is 0 Å². The molecule has 0 amide bonds. The summed E-state index contributed by atoms with van der Waals surface area (Å²) < 4.78 is 13.7. The molecule has 0 aliphatic heterocycles. The van der Waals surface area contributed by atoms with Gasteiger partial charge in [0.15, 0.2) is 0 Å². The number of nitrogens with zero attached hydrogens (tertiary/aromatic N) is 2. The predicted molar refractivity (Wildman–Crippen MR) is 60.1 cm³/mol. The van der Waals surface area contributed by atoms with Gasteiger partial charge in [-0.1, -0.05) is 11.6 Å². The van der Waals surface area contributed by atoms with Crippen molar-refractivity contribution in [3.8, 4) is 11.1 Å². The first-order chi connectivity index (χ1) is 7.16. The van der Waals surface area contributed by atoms with Crippen LogP contribution in [0.25, 0.3) is 11.1 Å². The fourth-order valence-corrected chi connectivity index (χ4v) is 1.77. The van der Waals surface area contributed by atoms with E-state index in [2.05, 4.69) is 25.9 Å². The first-order valence-electron chi connectivity index (χ1n) is 4.09. The number of pyridine rings is 2. The van der Waals surface area contributed by atoms with Gasteiger partial charge in [-0.25, -0.2) is 4.98 Å². The van der Waals surface area contributed by atoms with E-state index in [9.17, 15) is 4.39 Å². The van der Waals surface area contributed by atoms with E-state index in [1.165, 1.54) is 12.3 Å². The lowest BCUT2D eigenvalue weighted by atomic mass is 10.1. The molecule has 0 saturated carbocycles. The number of rotatable bonds is 1. The first kappa shape index (κ1) is 10.5. The summed E-state index contributed by atoms with van der Waals surface area (Å²) >= 11 is 9.20. The average molecular weight is 288 g/mol. The Bertz CT molecular complexity index is 505. The van der Waals surface area contributed by atoms with Crippen molar-refractivity contribution in [2.24, 2.45) is 0 Å². The van der Waals surface area contributed by atoms with E-state index in [1.807, 2.05) is 6.07 Å². The summed E-state index contributed by atoms with van der Waals surface area (Å²) in [5, 5.41) is 0.399. The number of halogens is 3. The van der Waals surface area contributed by atoms with Crippen LogP contribution in [0.4, 0.5) is 4.39 Å². The number of aromatic nitrogens is 2. The molecule has 0 bridgehead atoms. The van der Waals surface area contributed by atoms with Gasteiger partial charge >= 0.3 is 0 Å². The topological polar surface area (TPSA) is 25.8 Å². The van der Waals surface area contributed by atoms with Crippen molar-refractivity contribution in [1.29, 1.82) is 0 Å². The van der Waals surface area contributed by atoms with E-state index in [1.54, 1.807) is 12.4 Å². The summed E-state index contributed by atoms with van der Waals surface area (Å²) in [4.78, 5) is 7.44. The highest BCUT2D eigenvalue weighted by Crippen LogP contribution is 2.28. The molecule has 0 fully saturated rings. The smallest absolute Gasteiger partial charge is 0.213 e. The summed E-state index contributed by atoms with van der Waals surface area (Å²) in [5.41, 5.74) is 1.33. The molecule has 0 aliphatic rings. The maximum absolute atomic E-state index is 12.9. The summed E-state index contributed by atoms with van der Waals surface area (Å²) in [5.74, 6) is -0.561. The monoisotopic (exact) mass is 286 g/mol. The summed E-state index contributed by atoms with van der Waals surface area (Å²) in [6.45, 7) is 0. The molecule has 2 nitrogen and oxygen atoms in total. The van der Waals surface area contributed by atoms with E-state index in [4.69, 9.17) is 11.6 Å². The minimum Gasteiger partial charge on any atom is -0.263 e. The standard InChI is InChI=1S/C10H5BrClFN2/c11-7-1-6(3-14-4-7)8-2-10(13)15-5-9(8)12/h1-5H. The Balaban J connectivity index is 2.58. The van der Waals surface area contributed by atoms with E-state index >= 15 is 0 Å². The lowest BCUT2D eigenvalue weighted by molar-refractivity contribution is 0.584. The van der Waals surface area contributed by atoms with Gasteiger partial charge in [0.05, 0.1) is 5.02 Å². The highest BCUT2D eigenvalue weighted by Gasteiger charge is 2.06. The quantitative estimate of drug-likeness (QED) is 0.747. The van der Waals surface area contributed by atoms with Gasteiger partial charge in [0.2, 0.25) is 5.95 Å². The molecule has 0 N–H and O–H groups in total. The molecule has 5 heteroatoms. The Hall–Kier alpha value is -1.00.